The predicted octanol–water partition coefficient (Wildman–Crippen LogP) is 5.68. The number of hydrogen-bond donors (Lipinski definition) is 1. The molecule has 35 heavy (non-hydrogen) atoms. The largest absolute Gasteiger partial charge is 0.324 e. The molecule has 1 aromatic heterocycles. The average Bonchev–Trinajstić information content (AvgIpc) is 2.82. The Kier molecular flexibility index (Phi) is 6.90. The highest BCUT2D eigenvalue weighted by molar-refractivity contribution is 8.00. The first-order chi connectivity index (χ1) is 16.7. The van der Waals surface area contributed by atoms with E-state index < -0.39 is 16.1 Å². The number of para-hydroxylation sites is 1. The van der Waals surface area contributed by atoms with Gasteiger partial charge >= 0.3 is 0 Å². The number of carbonyl (C=O) groups is 1. The molecule has 8 nitrogen and oxygen atoms in total. The van der Waals surface area contributed by atoms with E-state index in [4.69, 9.17) is 11.6 Å². The van der Waals surface area contributed by atoms with Gasteiger partial charge in [0.1, 0.15) is 0 Å². The number of anilines is 1. The highest BCUT2D eigenvalue weighted by Crippen LogP contribution is 2.30. The quantitative estimate of drug-likeness (QED) is 0.155. The van der Waals surface area contributed by atoms with Crippen molar-refractivity contribution < 1.29 is 9.72 Å². The lowest BCUT2D eigenvalue weighted by Crippen LogP contribution is -2.26. The van der Waals surface area contributed by atoms with Gasteiger partial charge in [-0.3, -0.25) is 24.3 Å². The summed E-state index contributed by atoms with van der Waals surface area (Å²) in [4.78, 5) is 41.6. The van der Waals surface area contributed by atoms with Crippen LogP contribution in [0.25, 0.3) is 16.6 Å². The average molecular weight is 509 g/mol. The van der Waals surface area contributed by atoms with Gasteiger partial charge < -0.3 is 5.32 Å². The second-order valence-electron chi connectivity index (χ2n) is 7.99. The highest BCUT2D eigenvalue weighted by atomic mass is 35.5. The van der Waals surface area contributed by atoms with Gasteiger partial charge in [-0.15, -0.1) is 0 Å². The van der Waals surface area contributed by atoms with Crippen molar-refractivity contribution in [3.63, 3.8) is 0 Å². The molecule has 0 saturated heterocycles. The topological polar surface area (TPSA) is 107 Å². The van der Waals surface area contributed by atoms with Crippen LogP contribution in [0.3, 0.4) is 0 Å². The van der Waals surface area contributed by atoms with Crippen LogP contribution in [0.15, 0.2) is 70.6 Å². The van der Waals surface area contributed by atoms with E-state index in [1.807, 2.05) is 32.0 Å². The Balaban J connectivity index is 1.72. The van der Waals surface area contributed by atoms with Crippen molar-refractivity contribution >= 4 is 51.5 Å². The Morgan fingerprint density at radius 2 is 1.86 bits per heavy atom. The van der Waals surface area contributed by atoms with Crippen molar-refractivity contribution in [1.82, 2.24) is 9.55 Å². The number of nitro benzene ring substituents is 1. The zero-order chi connectivity index (χ0) is 25.3. The molecule has 4 rings (SSSR count). The van der Waals surface area contributed by atoms with Crippen LogP contribution < -0.4 is 10.9 Å². The van der Waals surface area contributed by atoms with Crippen LogP contribution >= 0.6 is 23.4 Å². The SMILES string of the molecule is Cc1ccc(-n2c(SC(C)C(=O)Nc3cc([N+](=O)[O-])ccc3Cl)nc3ccccc3c2=O)cc1C. The third-order valence-corrected chi connectivity index (χ3v) is 6.95. The molecule has 0 saturated carbocycles. The Morgan fingerprint density at radius 1 is 1.11 bits per heavy atom. The Labute approximate surface area is 210 Å². The molecular formula is C25H21ClN4O4S. The molecule has 10 heteroatoms. The van der Waals surface area contributed by atoms with Crippen molar-refractivity contribution in [2.24, 2.45) is 0 Å². The van der Waals surface area contributed by atoms with Gasteiger partial charge in [-0.1, -0.05) is 41.6 Å². The zero-order valence-corrected chi connectivity index (χ0v) is 20.7. The summed E-state index contributed by atoms with van der Waals surface area (Å²) >= 11 is 7.24. The van der Waals surface area contributed by atoms with Gasteiger partial charge in [-0.25, -0.2) is 4.98 Å². The summed E-state index contributed by atoms with van der Waals surface area (Å²) in [6.07, 6.45) is 0. The minimum atomic E-state index is -0.698. The van der Waals surface area contributed by atoms with Crippen LogP contribution in [0, 0.1) is 24.0 Å². The molecular weight excluding hydrogens is 488 g/mol. The lowest BCUT2D eigenvalue weighted by atomic mass is 10.1. The first-order valence-electron chi connectivity index (χ1n) is 10.7. The van der Waals surface area contributed by atoms with Gasteiger partial charge in [0.2, 0.25) is 5.91 Å². The summed E-state index contributed by atoms with van der Waals surface area (Å²) in [5, 5.41) is 14.0. The van der Waals surface area contributed by atoms with E-state index in [0.717, 1.165) is 22.9 Å². The number of amides is 1. The number of thioether (sulfide) groups is 1. The molecule has 1 amide bonds. The summed E-state index contributed by atoms with van der Waals surface area (Å²) in [6, 6.07) is 16.6. The minimum absolute atomic E-state index is 0.135. The van der Waals surface area contributed by atoms with E-state index >= 15 is 0 Å². The van der Waals surface area contributed by atoms with Crippen LogP contribution in [0.2, 0.25) is 5.02 Å². The maximum Gasteiger partial charge on any atom is 0.271 e. The van der Waals surface area contributed by atoms with Gasteiger partial charge in [0.05, 0.1) is 37.5 Å². The number of aryl methyl sites for hydroxylation is 2. The van der Waals surface area contributed by atoms with Gasteiger partial charge in [0.15, 0.2) is 5.16 Å². The molecule has 1 atom stereocenters. The lowest BCUT2D eigenvalue weighted by molar-refractivity contribution is -0.384. The Morgan fingerprint density at radius 3 is 2.57 bits per heavy atom. The van der Waals surface area contributed by atoms with Crippen molar-refractivity contribution in [1.29, 1.82) is 0 Å². The molecule has 0 aliphatic heterocycles. The molecule has 1 N–H and O–H groups in total. The smallest absolute Gasteiger partial charge is 0.271 e. The Bertz CT molecular complexity index is 1540. The van der Waals surface area contributed by atoms with Crippen LogP contribution in [0.4, 0.5) is 11.4 Å². The predicted molar refractivity (Wildman–Crippen MR) is 139 cm³/mol. The molecule has 178 valence electrons. The standard InChI is InChI=1S/C25H21ClN4O4S/c1-14-8-9-17(12-15(14)2)29-24(32)19-6-4-5-7-21(19)28-25(29)35-16(3)23(31)27-22-13-18(30(33)34)10-11-20(22)26/h4-13,16H,1-3H3,(H,27,31). The molecule has 0 aliphatic carbocycles. The summed E-state index contributed by atoms with van der Waals surface area (Å²) in [6.45, 7) is 5.61. The summed E-state index contributed by atoms with van der Waals surface area (Å²) < 4.78 is 1.50. The number of hydrogen-bond acceptors (Lipinski definition) is 6. The third-order valence-electron chi connectivity index (χ3n) is 5.56. The van der Waals surface area contributed by atoms with Gasteiger partial charge in [-0.05, 0) is 62.2 Å². The number of fused-ring (bicyclic) bond motifs is 1. The fourth-order valence-corrected chi connectivity index (χ4v) is 4.54. The fourth-order valence-electron chi connectivity index (χ4n) is 3.45. The maximum atomic E-state index is 13.5. The number of benzene rings is 3. The van der Waals surface area contributed by atoms with E-state index in [1.165, 1.54) is 22.8 Å². The molecule has 3 aromatic carbocycles. The van der Waals surface area contributed by atoms with Crippen LogP contribution in [0.5, 0.6) is 0 Å². The maximum absolute atomic E-state index is 13.5. The molecule has 1 heterocycles. The normalized spacial score (nSPS) is 11.9. The molecule has 0 radical (unpaired) electrons. The lowest BCUT2D eigenvalue weighted by Gasteiger charge is -2.17. The van der Waals surface area contributed by atoms with Crippen molar-refractivity contribution in [3.05, 3.63) is 97.3 Å². The van der Waals surface area contributed by atoms with E-state index in [9.17, 15) is 19.7 Å². The van der Waals surface area contributed by atoms with Crippen molar-refractivity contribution in [2.45, 2.75) is 31.2 Å². The fraction of sp³-hybridized carbons (Fsp3) is 0.160. The minimum Gasteiger partial charge on any atom is -0.324 e. The number of rotatable bonds is 6. The number of nitrogens with one attached hydrogen (secondary N) is 1. The number of non-ortho nitro benzene ring substituents is 1. The molecule has 0 fully saturated rings. The van der Waals surface area contributed by atoms with E-state index in [-0.39, 0.29) is 22.0 Å². The van der Waals surface area contributed by atoms with Crippen LogP contribution in [-0.2, 0) is 4.79 Å². The van der Waals surface area contributed by atoms with Gasteiger partial charge in [0.25, 0.3) is 11.2 Å². The van der Waals surface area contributed by atoms with Gasteiger partial charge in [0, 0.05) is 12.1 Å². The van der Waals surface area contributed by atoms with Crippen LogP contribution in [0.1, 0.15) is 18.1 Å². The van der Waals surface area contributed by atoms with Gasteiger partial charge in [-0.2, -0.15) is 0 Å². The second-order valence-corrected chi connectivity index (χ2v) is 9.71. The number of carbonyl (C=O) groups excluding carboxylic acids is 1. The van der Waals surface area contributed by atoms with E-state index in [2.05, 4.69) is 10.3 Å². The zero-order valence-electron chi connectivity index (χ0n) is 19.1. The molecule has 0 spiro atoms. The third kappa shape index (κ3) is 5.06. The second kappa shape index (κ2) is 9.89. The van der Waals surface area contributed by atoms with Crippen molar-refractivity contribution in [2.75, 3.05) is 5.32 Å². The van der Waals surface area contributed by atoms with E-state index in [0.29, 0.717) is 21.7 Å². The van der Waals surface area contributed by atoms with E-state index in [1.54, 1.807) is 31.2 Å². The first-order valence-corrected chi connectivity index (χ1v) is 11.9. The monoisotopic (exact) mass is 508 g/mol. The van der Waals surface area contributed by atoms with Crippen molar-refractivity contribution in [3.8, 4) is 5.69 Å². The number of halogens is 1. The number of aromatic nitrogens is 2. The molecule has 4 aromatic rings. The summed E-state index contributed by atoms with van der Waals surface area (Å²) in [5.41, 5.74) is 2.98. The number of nitro groups is 1. The molecule has 0 bridgehead atoms. The highest BCUT2D eigenvalue weighted by Gasteiger charge is 2.22. The Hall–Kier alpha value is -3.69. The van der Waals surface area contributed by atoms with Crippen LogP contribution in [-0.4, -0.2) is 25.6 Å². The molecule has 0 aliphatic rings. The first kappa shape index (κ1) is 24.4. The molecule has 1 unspecified atom stereocenters. The summed E-state index contributed by atoms with van der Waals surface area (Å²) in [5.74, 6) is -0.438. The number of nitrogens with zero attached hydrogens (tertiary/aromatic N) is 3. The summed E-state index contributed by atoms with van der Waals surface area (Å²) in [7, 11) is 0.